The van der Waals surface area contributed by atoms with E-state index in [1.165, 1.54) is 0 Å². The molecule has 2 N–H and O–H groups in total. The fourth-order valence-corrected chi connectivity index (χ4v) is 4.09. The van der Waals surface area contributed by atoms with Crippen LogP contribution < -0.4 is 10.6 Å². The second-order valence-corrected chi connectivity index (χ2v) is 10.6. The van der Waals surface area contributed by atoms with Crippen LogP contribution in [0.3, 0.4) is 0 Å². The van der Waals surface area contributed by atoms with Crippen molar-refractivity contribution in [3.05, 3.63) is 34.9 Å². The Hall–Kier alpha value is -2.22. The molecule has 4 unspecified atom stereocenters. The van der Waals surface area contributed by atoms with Gasteiger partial charge in [-0.15, -0.1) is 0 Å². The van der Waals surface area contributed by atoms with E-state index in [9.17, 15) is 14.4 Å². The highest BCUT2D eigenvalue weighted by atomic mass is 32.1. The summed E-state index contributed by atoms with van der Waals surface area (Å²) in [5.74, 6) is -0.229. The van der Waals surface area contributed by atoms with Gasteiger partial charge >= 0.3 is 6.09 Å². The van der Waals surface area contributed by atoms with Gasteiger partial charge in [0.2, 0.25) is 11.8 Å². The number of alkyl carbamates (subject to hydrolysis) is 1. The summed E-state index contributed by atoms with van der Waals surface area (Å²) in [5, 5.41) is 5.64. The highest BCUT2D eigenvalue weighted by Crippen LogP contribution is 2.41. The Morgan fingerprint density at radius 2 is 1.79 bits per heavy atom. The van der Waals surface area contributed by atoms with Crippen LogP contribution in [0.25, 0.3) is 0 Å². The third-order valence-electron chi connectivity index (χ3n) is 5.75. The number of amides is 3. The number of carbonyl (C=O) groups is 3. The van der Waals surface area contributed by atoms with E-state index < -0.39 is 23.8 Å². The predicted octanol–water partition coefficient (Wildman–Crippen LogP) is 3.93. The molecule has 0 radical (unpaired) electrons. The van der Waals surface area contributed by atoms with Gasteiger partial charge in [-0.25, -0.2) is 4.79 Å². The molecule has 1 aliphatic rings. The van der Waals surface area contributed by atoms with Crippen LogP contribution in [-0.2, 0) is 14.3 Å². The summed E-state index contributed by atoms with van der Waals surface area (Å²) in [6.45, 7) is 15.1. The standard InChI is InChI=1S/C25H39N3O4S/c1-14(2)26-22(29)21(18-11-9-10-15(3)17(18)5)28(20-12-16(20)4)23(30)19(13-33)27-24(31)32-25(6,7)8/h9-11,14,16,19-21,33H,12-13H2,1-8H3,(H,26,29)(H,27,31). The SMILES string of the molecule is Cc1cccc(C(C(=O)NC(C)C)N(C(=O)C(CS)NC(=O)OC(C)(C)C)C2CC2C)c1C. The van der Waals surface area contributed by atoms with Crippen molar-refractivity contribution in [2.45, 2.75) is 91.6 Å². The van der Waals surface area contributed by atoms with Crippen LogP contribution in [0.5, 0.6) is 0 Å². The first-order valence-corrected chi connectivity index (χ1v) is 12.2. The van der Waals surface area contributed by atoms with Gasteiger partial charge in [0.1, 0.15) is 17.7 Å². The van der Waals surface area contributed by atoms with Crippen LogP contribution in [0.4, 0.5) is 4.79 Å². The quantitative estimate of drug-likeness (QED) is 0.495. The van der Waals surface area contributed by atoms with Gasteiger partial charge in [0.25, 0.3) is 0 Å². The van der Waals surface area contributed by atoms with Crippen LogP contribution in [0, 0.1) is 19.8 Å². The summed E-state index contributed by atoms with van der Waals surface area (Å²) >= 11 is 4.33. The minimum Gasteiger partial charge on any atom is -0.444 e. The minimum absolute atomic E-state index is 0.0840. The molecule has 1 fully saturated rings. The molecule has 0 bridgehead atoms. The van der Waals surface area contributed by atoms with E-state index in [0.29, 0.717) is 0 Å². The Morgan fingerprint density at radius 3 is 2.27 bits per heavy atom. The zero-order chi connectivity index (χ0) is 25.1. The molecule has 8 heteroatoms. The lowest BCUT2D eigenvalue weighted by Crippen LogP contribution is -2.55. The molecule has 0 spiro atoms. The zero-order valence-electron chi connectivity index (χ0n) is 21.1. The summed E-state index contributed by atoms with van der Waals surface area (Å²) in [7, 11) is 0. The van der Waals surface area contributed by atoms with Gasteiger partial charge in [0.15, 0.2) is 0 Å². The summed E-state index contributed by atoms with van der Waals surface area (Å²) in [4.78, 5) is 41.4. The topological polar surface area (TPSA) is 87.7 Å². The maximum atomic E-state index is 13.8. The van der Waals surface area contributed by atoms with E-state index in [1.54, 1.807) is 25.7 Å². The molecule has 184 valence electrons. The summed E-state index contributed by atoms with van der Waals surface area (Å²) < 4.78 is 5.34. The minimum atomic E-state index is -0.921. The number of ether oxygens (including phenoxy) is 1. The lowest BCUT2D eigenvalue weighted by atomic mass is 9.94. The second kappa shape index (κ2) is 10.8. The average Bonchev–Trinajstić information content (AvgIpc) is 3.40. The Kier molecular flexibility index (Phi) is 8.85. The Morgan fingerprint density at radius 1 is 1.18 bits per heavy atom. The molecule has 0 saturated heterocycles. The molecular formula is C25H39N3O4S. The first kappa shape index (κ1) is 27.0. The number of hydrogen-bond donors (Lipinski definition) is 3. The smallest absolute Gasteiger partial charge is 0.408 e. The number of benzene rings is 1. The first-order valence-electron chi connectivity index (χ1n) is 11.6. The summed E-state index contributed by atoms with van der Waals surface area (Å²) in [6, 6.07) is 3.89. The van der Waals surface area contributed by atoms with Crippen LogP contribution in [0.1, 0.15) is 70.7 Å². The van der Waals surface area contributed by atoms with Crippen molar-refractivity contribution >= 4 is 30.5 Å². The molecule has 2 rings (SSSR count). The Labute approximate surface area is 203 Å². The van der Waals surface area contributed by atoms with E-state index in [2.05, 4.69) is 30.2 Å². The van der Waals surface area contributed by atoms with Gasteiger partial charge in [-0.3, -0.25) is 9.59 Å². The maximum Gasteiger partial charge on any atom is 0.408 e. The number of nitrogens with zero attached hydrogens (tertiary/aromatic N) is 1. The number of hydrogen-bond acceptors (Lipinski definition) is 5. The van der Waals surface area contributed by atoms with E-state index in [0.717, 1.165) is 23.1 Å². The normalized spacial score (nSPS) is 19.5. The van der Waals surface area contributed by atoms with Crippen molar-refractivity contribution in [3.8, 4) is 0 Å². The summed E-state index contributed by atoms with van der Waals surface area (Å²) in [5.41, 5.74) is 2.10. The molecule has 33 heavy (non-hydrogen) atoms. The molecule has 3 amide bonds. The fraction of sp³-hybridized carbons (Fsp3) is 0.640. The van der Waals surface area contributed by atoms with Crippen molar-refractivity contribution < 1.29 is 19.1 Å². The molecule has 0 aromatic heterocycles. The van der Waals surface area contributed by atoms with Crippen LogP contribution in [0.2, 0.25) is 0 Å². The van der Waals surface area contributed by atoms with Gasteiger partial charge in [-0.1, -0.05) is 25.1 Å². The molecular weight excluding hydrogens is 438 g/mol. The first-order chi connectivity index (χ1) is 15.3. The van der Waals surface area contributed by atoms with Crippen LogP contribution >= 0.6 is 12.6 Å². The van der Waals surface area contributed by atoms with Gasteiger partial charge in [0, 0.05) is 17.8 Å². The van der Waals surface area contributed by atoms with Gasteiger partial charge in [-0.2, -0.15) is 12.6 Å². The van der Waals surface area contributed by atoms with E-state index in [4.69, 9.17) is 4.74 Å². The van der Waals surface area contributed by atoms with E-state index in [1.807, 2.05) is 45.9 Å². The molecule has 1 aromatic rings. The van der Waals surface area contributed by atoms with Crippen molar-refractivity contribution in [1.82, 2.24) is 15.5 Å². The van der Waals surface area contributed by atoms with Crippen LogP contribution in [-0.4, -0.2) is 52.3 Å². The van der Waals surface area contributed by atoms with Crippen molar-refractivity contribution in [2.24, 2.45) is 5.92 Å². The van der Waals surface area contributed by atoms with Crippen LogP contribution in [0.15, 0.2) is 18.2 Å². The van der Waals surface area contributed by atoms with Gasteiger partial charge in [0.05, 0.1) is 0 Å². The molecule has 7 nitrogen and oxygen atoms in total. The molecule has 1 aliphatic carbocycles. The number of nitrogens with one attached hydrogen (secondary N) is 2. The van der Waals surface area contributed by atoms with E-state index in [-0.39, 0.29) is 35.6 Å². The third kappa shape index (κ3) is 7.13. The van der Waals surface area contributed by atoms with E-state index >= 15 is 0 Å². The predicted molar refractivity (Wildman–Crippen MR) is 133 cm³/mol. The lowest BCUT2D eigenvalue weighted by molar-refractivity contribution is -0.143. The third-order valence-corrected chi connectivity index (χ3v) is 6.11. The second-order valence-electron chi connectivity index (χ2n) is 10.3. The largest absolute Gasteiger partial charge is 0.444 e. The van der Waals surface area contributed by atoms with Crippen molar-refractivity contribution in [2.75, 3.05) is 5.75 Å². The highest BCUT2D eigenvalue weighted by Gasteiger charge is 2.48. The molecule has 1 saturated carbocycles. The number of aryl methyl sites for hydroxylation is 1. The molecule has 0 aliphatic heterocycles. The monoisotopic (exact) mass is 477 g/mol. The number of carbonyl (C=O) groups excluding carboxylic acids is 3. The van der Waals surface area contributed by atoms with Crippen molar-refractivity contribution in [3.63, 3.8) is 0 Å². The number of thiol groups is 1. The highest BCUT2D eigenvalue weighted by molar-refractivity contribution is 7.80. The number of rotatable bonds is 8. The lowest BCUT2D eigenvalue weighted by Gasteiger charge is -2.36. The van der Waals surface area contributed by atoms with Gasteiger partial charge in [-0.05, 0) is 77.5 Å². The Balaban J connectivity index is 2.48. The van der Waals surface area contributed by atoms with Gasteiger partial charge < -0.3 is 20.3 Å². The van der Waals surface area contributed by atoms with Crippen molar-refractivity contribution in [1.29, 1.82) is 0 Å². The molecule has 1 aromatic carbocycles. The molecule has 4 atom stereocenters. The zero-order valence-corrected chi connectivity index (χ0v) is 22.0. The molecule has 0 heterocycles. The fourth-order valence-electron chi connectivity index (χ4n) is 3.84. The average molecular weight is 478 g/mol. The Bertz CT molecular complexity index is 881. The summed E-state index contributed by atoms with van der Waals surface area (Å²) in [6.07, 6.45) is 0.113. The maximum absolute atomic E-state index is 13.8.